The lowest BCUT2D eigenvalue weighted by atomic mass is 10.0. The van der Waals surface area contributed by atoms with Gasteiger partial charge in [0.2, 0.25) is 5.91 Å². The number of benzene rings is 2. The highest BCUT2D eigenvalue weighted by atomic mass is 16.4. The van der Waals surface area contributed by atoms with Crippen LogP contribution in [0, 0.1) is 20.8 Å². The molecule has 0 heterocycles. The van der Waals surface area contributed by atoms with Crippen LogP contribution in [0.1, 0.15) is 50.2 Å². The van der Waals surface area contributed by atoms with E-state index >= 15 is 0 Å². The molecule has 0 radical (unpaired) electrons. The van der Waals surface area contributed by atoms with E-state index in [1.807, 2.05) is 26.0 Å². The number of hydrogen-bond acceptors (Lipinski definition) is 3. The molecule has 0 aromatic heterocycles. The van der Waals surface area contributed by atoms with Gasteiger partial charge in [-0.25, -0.2) is 4.79 Å². The number of rotatable bonds is 6. The van der Waals surface area contributed by atoms with Crippen molar-refractivity contribution in [2.75, 3.05) is 5.32 Å². The molecule has 0 saturated heterocycles. The standard InChI is InChI=1S/C20H21NO4/c1-12-4-6-15(10-14(12)3)18(22)8-9-19(23)21-17-11-16(20(24)25)7-5-13(17)2/h4-7,10-11H,8-9H2,1-3H3,(H,21,23)(H,24,25). The minimum atomic E-state index is -1.06. The largest absolute Gasteiger partial charge is 0.478 e. The zero-order valence-corrected chi connectivity index (χ0v) is 14.6. The summed E-state index contributed by atoms with van der Waals surface area (Å²) in [6, 6.07) is 10.0. The van der Waals surface area contributed by atoms with Crippen LogP contribution in [0.5, 0.6) is 0 Å². The van der Waals surface area contributed by atoms with Crippen molar-refractivity contribution in [1.29, 1.82) is 0 Å². The summed E-state index contributed by atoms with van der Waals surface area (Å²) < 4.78 is 0. The molecule has 0 atom stereocenters. The van der Waals surface area contributed by atoms with Crippen LogP contribution >= 0.6 is 0 Å². The number of ketones is 1. The monoisotopic (exact) mass is 339 g/mol. The quantitative estimate of drug-likeness (QED) is 0.782. The predicted molar refractivity (Wildman–Crippen MR) is 96.2 cm³/mol. The van der Waals surface area contributed by atoms with Crippen molar-refractivity contribution in [3.63, 3.8) is 0 Å². The van der Waals surface area contributed by atoms with Crippen molar-refractivity contribution < 1.29 is 19.5 Å². The summed E-state index contributed by atoms with van der Waals surface area (Å²) in [5, 5.41) is 11.7. The van der Waals surface area contributed by atoms with Crippen molar-refractivity contribution >= 4 is 23.3 Å². The average molecular weight is 339 g/mol. The first kappa shape index (κ1) is 18.4. The van der Waals surface area contributed by atoms with Crippen molar-refractivity contribution in [3.05, 3.63) is 64.2 Å². The summed E-state index contributed by atoms with van der Waals surface area (Å²) in [6.07, 6.45) is 0.147. The van der Waals surface area contributed by atoms with Gasteiger partial charge in [-0.05, 0) is 55.7 Å². The van der Waals surface area contributed by atoms with E-state index in [9.17, 15) is 14.4 Å². The van der Waals surface area contributed by atoms with Crippen LogP contribution in [0.15, 0.2) is 36.4 Å². The SMILES string of the molecule is Cc1ccc(C(=O)CCC(=O)Nc2cc(C(=O)O)ccc2C)cc1C. The second-order valence-corrected chi connectivity index (χ2v) is 6.11. The number of Topliss-reactive ketones (excluding diaryl/α,β-unsaturated/α-hetero) is 1. The molecule has 0 aliphatic rings. The number of aromatic carboxylic acids is 1. The summed E-state index contributed by atoms with van der Waals surface area (Å²) in [7, 11) is 0. The zero-order valence-electron chi connectivity index (χ0n) is 14.6. The molecule has 5 nitrogen and oxygen atoms in total. The number of carboxylic acids is 1. The molecular formula is C20H21NO4. The van der Waals surface area contributed by atoms with Gasteiger partial charge < -0.3 is 10.4 Å². The Morgan fingerprint density at radius 3 is 2.12 bits per heavy atom. The normalized spacial score (nSPS) is 10.4. The summed E-state index contributed by atoms with van der Waals surface area (Å²) in [4.78, 5) is 35.3. The molecule has 5 heteroatoms. The van der Waals surface area contributed by atoms with Gasteiger partial charge in [0.25, 0.3) is 0 Å². The van der Waals surface area contributed by atoms with Gasteiger partial charge in [0.05, 0.1) is 5.56 Å². The van der Waals surface area contributed by atoms with E-state index in [1.54, 1.807) is 19.1 Å². The van der Waals surface area contributed by atoms with Gasteiger partial charge in [-0.1, -0.05) is 18.2 Å². The van der Waals surface area contributed by atoms with Gasteiger partial charge in [-0.2, -0.15) is 0 Å². The second-order valence-electron chi connectivity index (χ2n) is 6.11. The maximum absolute atomic E-state index is 12.2. The van der Waals surface area contributed by atoms with E-state index in [2.05, 4.69) is 5.32 Å². The number of carbonyl (C=O) groups is 3. The first-order valence-corrected chi connectivity index (χ1v) is 8.02. The third kappa shape index (κ3) is 4.76. The highest BCUT2D eigenvalue weighted by molar-refractivity contribution is 6.00. The van der Waals surface area contributed by atoms with Crippen LogP contribution in [0.25, 0.3) is 0 Å². The molecule has 2 N–H and O–H groups in total. The van der Waals surface area contributed by atoms with Gasteiger partial charge in [0, 0.05) is 24.1 Å². The molecule has 0 saturated carbocycles. The summed E-state index contributed by atoms with van der Waals surface area (Å²) in [5.74, 6) is -1.46. The van der Waals surface area contributed by atoms with Crippen molar-refractivity contribution in [2.24, 2.45) is 0 Å². The van der Waals surface area contributed by atoms with E-state index in [0.29, 0.717) is 11.3 Å². The molecule has 0 bridgehead atoms. The summed E-state index contributed by atoms with van der Waals surface area (Å²) in [6.45, 7) is 5.70. The van der Waals surface area contributed by atoms with Gasteiger partial charge in [0.15, 0.2) is 5.78 Å². The van der Waals surface area contributed by atoms with Crippen molar-refractivity contribution in [3.8, 4) is 0 Å². The fourth-order valence-corrected chi connectivity index (χ4v) is 2.39. The molecule has 0 aliphatic carbocycles. The van der Waals surface area contributed by atoms with Gasteiger partial charge in [-0.15, -0.1) is 0 Å². The van der Waals surface area contributed by atoms with E-state index in [0.717, 1.165) is 16.7 Å². The number of carbonyl (C=O) groups excluding carboxylic acids is 2. The molecule has 2 rings (SSSR count). The molecule has 1 amide bonds. The van der Waals surface area contributed by atoms with Crippen LogP contribution < -0.4 is 5.32 Å². The Morgan fingerprint density at radius 1 is 0.840 bits per heavy atom. The smallest absolute Gasteiger partial charge is 0.335 e. The molecule has 0 fully saturated rings. The Labute approximate surface area is 146 Å². The Bertz CT molecular complexity index is 840. The highest BCUT2D eigenvalue weighted by Gasteiger charge is 2.12. The molecule has 2 aromatic carbocycles. The average Bonchev–Trinajstić information content (AvgIpc) is 2.57. The van der Waals surface area contributed by atoms with Crippen LogP contribution in [-0.4, -0.2) is 22.8 Å². The van der Waals surface area contributed by atoms with E-state index in [4.69, 9.17) is 5.11 Å². The van der Waals surface area contributed by atoms with Gasteiger partial charge >= 0.3 is 5.97 Å². The lowest BCUT2D eigenvalue weighted by molar-refractivity contribution is -0.116. The number of anilines is 1. The van der Waals surface area contributed by atoms with Crippen molar-refractivity contribution in [2.45, 2.75) is 33.6 Å². The number of amides is 1. The molecule has 0 aliphatic heterocycles. The lowest BCUT2D eigenvalue weighted by Crippen LogP contribution is -2.15. The fraction of sp³-hybridized carbons (Fsp3) is 0.250. The highest BCUT2D eigenvalue weighted by Crippen LogP contribution is 2.18. The topological polar surface area (TPSA) is 83.5 Å². The van der Waals surface area contributed by atoms with Crippen molar-refractivity contribution in [1.82, 2.24) is 0 Å². The molecule has 0 spiro atoms. The first-order valence-electron chi connectivity index (χ1n) is 8.02. The second kappa shape index (κ2) is 7.75. The van der Waals surface area contributed by atoms with Crippen LogP contribution in [-0.2, 0) is 4.79 Å². The van der Waals surface area contributed by atoms with E-state index < -0.39 is 5.97 Å². The number of hydrogen-bond donors (Lipinski definition) is 2. The molecule has 2 aromatic rings. The summed E-state index contributed by atoms with van der Waals surface area (Å²) >= 11 is 0. The molecule has 130 valence electrons. The lowest BCUT2D eigenvalue weighted by Gasteiger charge is -2.09. The van der Waals surface area contributed by atoms with E-state index in [-0.39, 0.29) is 30.1 Å². The van der Waals surface area contributed by atoms with Crippen LogP contribution in [0.3, 0.4) is 0 Å². The third-order valence-electron chi connectivity index (χ3n) is 4.17. The van der Waals surface area contributed by atoms with Crippen LogP contribution in [0.4, 0.5) is 5.69 Å². The molecule has 25 heavy (non-hydrogen) atoms. The third-order valence-corrected chi connectivity index (χ3v) is 4.17. The Hall–Kier alpha value is -2.95. The zero-order chi connectivity index (χ0) is 18.6. The molecular weight excluding hydrogens is 318 g/mol. The minimum absolute atomic E-state index is 0.0441. The maximum Gasteiger partial charge on any atom is 0.335 e. The molecule has 0 unspecified atom stereocenters. The number of carboxylic acid groups (broad SMARTS) is 1. The van der Waals surface area contributed by atoms with Gasteiger partial charge in [0.1, 0.15) is 0 Å². The maximum atomic E-state index is 12.2. The Kier molecular flexibility index (Phi) is 5.70. The Balaban J connectivity index is 1.98. The minimum Gasteiger partial charge on any atom is -0.478 e. The predicted octanol–water partition coefficient (Wildman–Crippen LogP) is 3.91. The number of nitrogens with one attached hydrogen (secondary N) is 1. The first-order chi connectivity index (χ1) is 11.8. The van der Waals surface area contributed by atoms with Gasteiger partial charge in [-0.3, -0.25) is 9.59 Å². The number of aryl methyl sites for hydroxylation is 3. The van der Waals surface area contributed by atoms with Crippen LogP contribution in [0.2, 0.25) is 0 Å². The van der Waals surface area contributed by atoms with E-state index in [1.165, 1.54) is 12.1 Å². The summed E-state index contributed by atoms with van der Waals surface area (Å²) in [5.41, 5.74) is 4.06. The fourth-order valence-electron chi connectivity index (χ4n) is 2.39. The Morgan fingerprint density at radius 2 is 1.48 bits per heavy atom.